The third kappa shape index (κ3) is 2.86. The molecule has 0 aliphatic carbocycles. The van der Waals surface area contributed by atoms with Gasteiger partial charge >= 0.3 is 0 Å². The molecule has 1 aromatic heterocycles. The summed E-state index contributed by atoms with van der Waals surface area (Å²) < 4.78 is 1.49. The van der Waals surface area contributed by atoms with E-state index in [1.54, 1.807) is 0 Å². The Labute approximate surface area is 142 Å². The van der Waals surface area contributed by atoms with Gasteiger partial charge in [-0.15, -0.1) is 0 Å². The van der Waals surface area contributed by atoms with Gasteiger partial charge in [0.15, 0.2) is 4.77 Å². The highest BCUT2D eigenvalue weighted by Crippen LogP contribution is 2.26. The van der Waals surface area contributed by atoms with Crippen LogP contribution in [0.15, 0.2) is 52.3 Å². The fourth-order valence-electron chi connectivity index (χ4n) is 2.50. The van der Waals surface area contributed by atoms with E-state index in [1.165, 1.54) is 10.8 Å². The van der Waals surface area contributed by atoms with Crippen LogP contribution in [0, 0.1) is 4.77 Å². The molecule has 2 aromatic carbocycles. The molecule has 0 aliphatic heterocycles. The summed E-state index contributed by atoms with van der Waals surface area (Å²) in [6.45, 7) is 0.000381. The maximum atomic E-state index is 12.1. The summed E-state index contributed by atoms with van der Waals surface area (Å²) in [5.41, 5.74) is 0.115. The van der Waals surface area contributed by atoms with Gasteiger partial charge < -0.3 is 10.2 Å². The summed E-state index contributed by atoms with van der Waals surface area (Å²) >= 11 is 5.23. The number of aliphatic imine (C=N–C) groups is 1. The molecule has 0 spiro atoms. The van der Waals surface area contributed by atoms with Gasteiger partial charge in [-0.3, -0.25) is 19.3 Å². The lowest BCUT2D eigenvalue weighted by atomic mass is 10.1. The lowest BCUT2D eigenvalue weighted by Gasteiger charge is -2.13. The highest BCUT2D eigenvalue weighted by molar-refractivity contribution is 7.71. The van der Waals surface area contributed by atoms with Crippen molar-refractivity contribution in [1.29, 1.82) is 0 Å². The van der Waals surface area contributed by atoms with Gasteiger partial charge in [-0.2, -0.15) is 0 Å². The van der Waals surface area contributed by atoms with E-state index in [0.29, 0.717) is 5.69 Å². The van der Waals surface area contributed by atoms with Crippen LogP contribution in [0.3, 0.4) is 0 Å². The first-order valence-corrected chi connectivity index (χ1v) is 7.71. The molecule has 6 nitrogen and oxygen atoms in total. The number of aliphatic hydroxyl groups excluding tert-OH is 1. The Morgan fingerprint density at radius 2 is 1.96 bits per heavy atom. The van der Waals surface area contributed by atoms with Crippen molar-refractivity contribution in [3.63, 3.8) is 0 Å². The van der Waals surface area contributed by atoms with E-state index in [0.717, 1.165) is 10.8 Å². The molecule has 0 fully saturated rings. The number of fused-ring (bicyclic) bond motifs is 1. The predicted molar refractivity (Wildman–Crippen MR) is 95.9 cm³/mol. The number of aromatic nitrogens is 2. The summed E-state index contributed by atoms with van der Waals surface area (Å²) in [4.78, 5) is 18.5. The second kappa shape index (κ2) is 6.77. The van der Waals surface area contributed by atoms with Crippen molar-refractivity contribution in [1.82, 2.24) is 9.55 Å². The van der Waals surface area contributed by atoms with Crippen LogP contribution in [0.25, 0.3) is 16.5 Å². The third-order valence-corrected chi connectivity index (χ3v) is 3.86. The molecule has 1 heterocycles. The zero-order chi connectivity index (χ0) is 17.1. The number of nitrogens with one attached hydrogen (secondary N) is 1. The zero-order valence-electron chi connectivity index (χ0n) is 12.6. The minimum Gasteiger partial charge on any atom is -0.494 e. The molecule has 122 valence electrons. The Morgan fingerprint density at radius 1 is 1.21 bits per heavy atom. The molecule has 0 amide bonds. The van der Waals surface area contributed by atoms with Crippen molar-refractivity contribution in [2.24, 2.45) is 4.99 Å². The van der Waals surface area contributed by atoms with Gasteiger partial charge in [0.05, 0.1) is 18.8 Å². The van der Waals surface area contributed by atoms with Crippen molar-refractivity contribution in [3.8, 4) is 11.6 Å². The van der Waals surface area contributed by atoms with Crippen LogP contribution < -0.4 is 5.56 Å². The highest BCUT2D eigenvalue weighted by atomic mass is 32.1. The van der Waals surface area contributed by atoms with Crippen molar-refractivity contribution in [2.45, 2.75) is 0 Å². The van der Waals surface area contributed by atoms with Crippen LogP contribution in [0.5, 0.6) is 5.88 Å². The lowest BCUT2D eigenvalue weighted by Crippen LogP contribution is -2.18. The largest absolute Gasteiger partial charge is 0.494 e. The summed E-state index contributed by atoms with van der Waals surface area (Å²) in [6.07, 6.45) is 1.24. The molecule has 3 aromatic rings. The van der Waals surface area contributed by atoms with Crippen molar-refractivity contribution in [3.05, 3.63) is 63.2 Å². The number of aromatic amines is 1. The second-order valence-electron chi connectivity index (χ2n) is 5.09. The van der Waals surface area contributed by atoms with Crippen LogP contribution in [0.2, 0.25) is 0 Å². The van der Waals surface area contributed by atoms with Crippen LogP contribution in [-0.4, -0.2) is 39.1 Å². The SMILES string of the molecule is O=c1[nH]c(=S)n(-c2cccc3ccccc23)c(O)c1C=NCCO. The van der Waals surface area contributed by atoms with Crippen molar-refractivity contribution < 1.29 is 10.2 Å². The lowest BCUT2D eigenvalue weighted by molar-refractivity contribution is 0.307. The van der Waals surface area contributed by atoms with Gasteiger partial charge in [-0.1, -0.05) is 36.4 Å². The third-order valence-electron chi connectivity index (χ3n) is 3.58. The zero-order valence-corrected chi connectivity index (χ0v) is 13.5. The molecule has 0 atom stereocenters. The molecule has 0 unspecified atom stereocenters. The molecule has 0 aliphatic rings. The smallest absolute Gasteiger partial charge is 0.264 e. The number of aromatic hydroxyl groups is 1. The summed E-state index contributed by atoms with van der Waals surface area (Å²) in [6, 6.07) is 13.3. The van der Waals surface area contributed by atoms with Crippen LogP contribution in [0.4, 0.5) is 0 Å². The first kappa shape index (κ1) is 16.1. The Balaban J connectivity index is 2.30. The summed E-state index contributed by atoms with van der Waals surface area (Å²) in [5, 5.41) is 21.2. The molecule has 24 heavy (non-hydrogen) atoms. The average molecular weight is 341 g/mol. The van der Waals surface area contributed by atoms with Gasteiger partial charge in [0.1, 0.15) is 5.56 Å². The molecule has 0 radical (unpaired) electrons. The van der Waals surface area contributed by atoms with E-state index in [-0.39, 0.29) is 29.4 Å². The summed E-state index contributed by atoms with van der Waals surface area (Å²) in [7, 11) is 0. The van der Waals surface area contributed by atoms with Gasteiger partial charge in [0, 0.05) is 11.6 Å². The monoisotopic (exact) mass is 341 g/mol. The second-order valence-corrected chi connectivity index (χ2v) is 5.48. The van der Waals surface area contributed by atoms with Gasteiger partial charge in [0.25, 0.3) is 5.56 Å². The number of H-pyrrole nitrogens is 1. The number of hydrogen-bond acceptors (Lipinski definition) is 5. The van der Waals surface area contributed by atoms with E-state index >= 15 is 0 Å². The van der Waals surface area contributed by atoms with E-state index < -0.39 is 5.56 Å². The Bertz CT molecular complexity index is 1030. The number of nitrogens with zero attached hydrogens (tertiary/aromatic N) is 2. The molecule has 0 bridgehead atoms. The molecule has 0 saturated heterocycles. The normalized spacial score (nSPS) is 11.4. The maximum absolute atomic E-state index is 12.1. The average Bonchev–Trinajstić information content (AvgIpc) is 2.58. The topological polar surface area (TPSA) is 90.6 Å². The first-order valence-electron chi connectivity index (χ1n) is 7.30. The van der Waals surface area contributed by atoms with Gasteiger partial charge in [0.2, 0.25) is 5.88 Å². The standard InChI is InChI=1S/C17H15N3O3S/c21-9-8-18-10-13-15(22)19-17(24)20(16(13)23)14-7-3-5-11-4-1-2-6-12(11)14/h1-7,10,21,23H,8-9H2,(H,19,22,24). The first-order chi connectivity index (χ1) is 11.6. The van der Waals surface area contributed by atoms with E-state index in [9.17, 15) is 9.90 Å². The maximum Gasteiger partial charge on any atom is 0.264 e. The van der Waals surface area contributed by atoms with E-state index in [4.69, 9.17) is 17.3 Å². The van der Waals surface area contributed by atoms with E-state index in [1.807, 2.05) is 42.5 Å². The highest BCUT2D eigenvalue weighted by Gasteiger charge is 2.14. The number of benzene rings is 2. The molecular weight excluding hydrogens is 326 g/mol. The molecule has 3 N–H and O–H groups in total. The predicted octanol–water partition coefficient (Wildman–Crippen LogP) is 2.17. The van der Waals surface area contributed by atoms with E-state index in [2.05, 4.69) is 9.98 Å². The molecular formula is C17H15N3O3S. The number of hydrogen-bond donors (Lipinski definition) is 3. The Morgan fingerprint density at radius 3 is 2.75 bits per heavy atom. The fraction of sp³-hybridized carbons (Fsp3) is 0.118. The van der Waals surface area contributed by atoms with Crippen LogP contribution >= 0.6 is 12.2 Å². The quantitative estimate of drug-likeness (QED) is 0.501. The van der Waals surface area contributed by atoms with Crippen LogP contribution in [0.1, 0.15) is 5.56 Å². The van der Waals surface area contributed by atoms with Gasteiger partial charge in [-0.05, 0) is 23.7 Å². The Kier molecular flexibility index (Phi) is 4.54. The van der Waals surface area contributed by atoms with Crippen molar-refractivity contribution >= 4 is 29.2 Å². The van der Waals surface area contributed by atoms with Crippen molar-refractivity contribution in [2.75, 3.05) is 13.2 Å². The fourth-order valence-corrected chi connectivity index (χ4v) is 2.77. The minimum absolute atomic E-state index is 0.00927. The molecule has 7 heteroatoms. The minimum atomic E-state index is -0.532. The number of rotatable bonds is 4. The number of aliphatic hydroxyl groups is 1. The van der Waals surface area contributed by atoms with Crippen LogP contribution in [-0.2, 0) is 0 Å². The van der Waals surface area contributed by atoms with Gasteiger partial charge in [-0.25, -0.2) is 0 Å². The molecule has 0 saturated carbocycles. The Hall–Kier alpha value is -2.77. The summed E-state index contributed by atoms with van der Waals surface area (Å²) in [5.74, 6) is -0.290. The molecule has 3 rings (SSSR count).